The van der Waals surface area contributed by atoms with Crippen LogP contribution in [-0.2, 0) is 4.79 Å². The van der Waals surface area contributed by atoms with Crippen LogP contribution < -0.4 is 0 Å². The van der Waals surface area contributed by atoms with Crippen LogP contribution in [0.4, 0.5) is 0 Å². The monoisotopic (exact) mass is 574 g/mol. The molecule has 0 bridgehead atoms. The second kappa shape index (κ2) is 18.8. The van der Waals surface area contributed by atoms with E-state index < -0.39 is 6.10 Å². The summed E-state index contributed by atoms with van der Waals surface area (Å²) in [6, 6.07) is 0. The van der Waals surface area contributed by atoms with Gasteiger partial charge in [-0.25, -0.2) is 0 Å². The smallest absolute Gasteiger partial charge is 0.188 e. The van der Waals surface area contributed by atoms with Crippen molar-refractivity contribution in [3.63, 3.8) is 0 Å². The molecule has 0 aromatic rings. The Morgan fingerprint density at radius 3 is 1.67 bits per heavy atom. The molecule has 0 aromatic heterocycles. The molecule has 0 fully saturated rings. The van der Waals surface area contributed by atoms with Gasteiger partial charge in [0.15, 0.2) is 5.78 Å². The zero-order valence-corrected chi connectivity index (χ0v) is 27.3. The van der Waals surface area contributed by atoms with Crippen LogP contribution in [0.2, 0.25) is 0 Å². The van der Waals surface area contributed by atoms with Gasteiger partial charge in [-0.2, -0.15) is 0 Å². The van der Waals surface area contributed by atoms with Gasteiger partial charge in [-0.3, -0.25) is 4.79 Å². The van der Waals surface area contributed by atoms with Crippen LogP contribution in [0.5, 0.6) is 0 Å². The van der Waals surface area contributed by atoms with Crippen LogP contribution in [0.3, 0.4) is 0 Å². The molecule has 0 saturated carbocycles. The van der Waals surface area contributed by atoms with Crippen molar-refractivity contribution in [1.29, 1.82) is 0 Å². The number of aliphatic hydroxyl groups excluding tert-OH is 1. The first-order valence-electron chi connectivity index (χ1n) is 14.1. The Balaban J connectivity index is 5.64. The third-order valence-corrected chi connectivity index (χ3v) is 6.80. The van der Waals surface area contributed by atoms with E-state index in [0.717, 1.165) is 45.4 Å². The molecule has 0 aliphatic carbocycles. The summed E-state index contributed by atoms with van der Waals surface area (Å²) in [7, 11) is 0. The highest BCUT2D eigenvalue weighted by atomic mass is 16.3. The minimum atomic E-state index is -0.916. The summed E-state index contributed by atoms with van der Waals surface area (Å²) >= 11 is 0. The first-order valence-corrected chi connectivity index (χ1v) is 14.1. The van der Waals surface area contributed by atoms with Crippen molar-refractivity contribution in [2.24, 2.45) is 0 Å². The van der Waals surface area contributed by atoms with Gasteiger partial charge in [0.25, 0.3) is 0 Å². The van der Waals surface area contributed by atoms with E-state index in [9.17, 15) is 9.90 Å². The van der Waals surface area contributed by atoms with Crippen LogP contribution in [-0.4, -0.2) is 17.0 Å². The molecule has 0 aliphatic heterocycles. The number of rotatable bonds is 18. The van der Waals surface area contributed by atoms with E-state index in [1.807, 2.05) is 58.1 Å². The summed E-state index contributed by atoms with van der Waals surface area (Å²) in [5.74, 6) is -0.203. The normalized spacial score (nSPS) is 14.2. The van der Waals surface area contributed by atoms with Gasteiger partial charge in [0.05, 0.1) is 6.10 Å². The predicted octanol–water partition coefficient (Wildman–Crippen LogP) is 10.8. The van der Waals surface area contributed by atoms with Crippen LogP contribution in [0.25, 0.3) is 0 Å². The highest BCUT2D eigenvalue weighted by Crippen LogP contribution is 2.22. The van der Waals surface area contributed by atoms with Gasteiger partial charge in [0.2, 0.25) is 0 Å². The molecule has 0 aliphatic rings. The third kappa shape index (κ3) is 13.3. The molecule has 2 nitrogen and oxygen atoms in total. The summed E-state index contributed by atoms with van der Waals surface area (Å²) < 4.78 is 0. The highest BCUT2D eigenvalue weighted by Gasteiger charge is 2.12. The van der Waals surface area contributed by atoms with E-state index in [0.29, 0.717) is 33.4 Å². The first kappa shape index (κ1) is 38.5. The quantitative estimate of drug-likeness (QED) is 0.131. The van der Waals surface area contributed by atoms with E-state index in [1.165, 1.54) is 0 Å². The van der Waals surface area contributed by atoms with E-state index in [4.69, 9.17) is 0 Å². The molecular weight excluding hydrogens is 524 g/mol. The molecule has 0 saturated heterocycles. The van der Waals surface area contributed by atoms with E-state index in [-0.39, 0.29) is 5.78 Å². The number of allylic oxidation sites excluding steroid dienone is 20. The number of Topliss-reactive ketones (excluding diaryl/α,β-unsaturated/α-hetero) is 1. The van der Waals surface area contributed by atoms with E-state index in [2.05, 4.69) is 59.2 Å². The summed E-state index contributed by atoms with van der Waals surface area (Å²) in [6.45, 7) is 47.2. The summed E-state index contributed by atoms with van der Waals surface area (Å²) in [5.41, 5.74) is 9.37. The number of ketones is 1. The zero-order chi connectivity index (χ0) is 33.4. The lowest BCUT2D eigenvalue weighted by Gasteiger charge is -2.14. The fraction of sp³-hybridized carbons (Fsp3) is 0.195. The molecule has 0 heterocycles. The van der Waals surface area contributed by atoms with Gasteiger partial charge in [0.1, 0.15) is 0 Å². The van der Waals surface area contributed by atoms with Crippen molar-refractivity contribution in [1.82, 2.24) is 0 Å². The Labute approximate surface area is 261 Å². The van der Waals surface area contributed by atoms with Crippen molar-refractivity contribution in [2.45, 2.75) is 54.1 Å². The van der Waals surface area contributed by atoms with E-state index >= 15 is 0 Å². The fourth-order valence-electron chi connectivity index (χ4n) is 3.65. The van der Waals surface area contributed by atoms with Gasteiger partial charge in [-0.15, -0.1) is 0 Å². The topological polar surface area (TPSA) is 37.3 Å². The molecule has 0 radical (unpaired) electrons. The highest BCUT2D eigenvalue weighted by molar-refractivity contribution is 6.09. The van der Waals surface area contributed by atoms with Crippen molar-refractivity contribution >= 4 is 5.78 Å². The largest absolute Gasteiger partial charge is 0.384 e. The number of hydrogen-bond acceptors (Lipinski definition) is 2. The lowest BCUT2D eigenvalue weighted by molar-refractivity contribution is -0.111. The molecule has 0 rings (SSSR count). The SMILES string of the molecule is C=CC=C(C)C(=C)C=CC(=C)C(C)=CC(=C)C(O)C(C)=CC(=C)C(C)=CC(=C)C(=O)C(C)=CC(=C)C(C=C)=CC(=C)CC. The second-order valence-electron chi connectivity index (χ2n) is 10.5. The van der Waals surface area contributed by atoms with Crippen LogP contribution >= 0.6 is 0 Å². The lowest BCUT2D eigenvalue weighted by atomic mass is 9.95. The maximum Gasteiger partial charge on any atom is 0.188 e. The number of carbonyl (C=O) groups is 1. The maximum absolute atomic E-state index is 13.0. The molecule has 0 amide bonds. The van der Waals surface area contributed by atoms with Gasteiger partial charge in [-0.05, 0) is 114 Å². The number of carbonyl (C=O) groups excluding carboxylic acids is 1. The van der Waals surface area contributed by atoms with Crippen molar-refractivity contribution in [3.05, 3.63) is 192 Å². The summed E-state index contributed by atoms with van der Waals surface area (Å²) in [5, 5.41) is 10.9. The van der Waals surface area contributed by atoms with E-state index in [1.54, 1.807) is 44.2 Å². The van der Waals surface area contributed by atoms with Crippen molar-refractivity contribution in [3.8, 4) is 0 Å². The van der Waals surface area contributed by atoms with Gasteiger partial charge in [-0.1, -0.05) is 120 Å². The standard InChI is InChI=1S/C41H50O2/c1-16-19-28(5)29(6)20-21-30(7)31(8)23-35(12)40(42)36(13)24-32(9)33(10)25-37(14)41(43)38(15)26-34(11)39(18-3)22-27(4)17-2/h16,18-26,40,42H,1,3-4,6-7,9,11-12,14,17H2,2,5,8,10,13,15H3. The molecule has 1 N–H and O–H groups in total. The Kier molecular flexibility index (Phi) is 16.8. The van der Waals surface area contributed by atoms with Crippen LogP contribution in [0.15, 0.2) is 192 Å². The summed E-state index contributed by atoms with van der Waals surface area (Å²) in [6.07, 6.45) is 17.9. The molecular formula is C41H50O2. The lowest BCUT2D eigenvalue weighted by Crippen LogP contribution is -2.10. The van der Waals surface area contributed by atoms with Gasteiger partial charge in [0, 0.05) is 5.57 Å². The molecule has 1 unspecified atom stereocenters. The summed E-state index contributed by atoms with van der Waals surface area (Å²) in [4.78, 5) is 13.0. The molecule has 2 heteroatoms. The predicted molar refractivity (Wildman–Crippen MR) is 192 cm³/mol. The minimum Gasteiger partial charge on any atom is -0.384 e. The molecule has 0 aromatic carbocycles. The van der Waals surface area contributed by atoms with Crippen LogP contribution in [0.1, 0.15) is 48.0 Å². The third-order valence-electron chi connectivity index (χ3n) is 6.80. The maximum atomic E-state index is 13.0. The second-order valence-corrected chi connectivity index (χ2v) is 10.5. The Morgan fingerprint density at radius 1 is 0.651 bits per heavy atom. The number of hydrogen-bond donors (Lipinski definition) is 1. The molecule has 1 atom stereocenters. The van der Waals surface area contributed by atoms with Crippen LogP contribution in [0, 0.1) is 0 Å². The minimum absolute atomic E-state index is 0.203. The van der Waals surface area contributed by atoms with Gasteiger partial charge < -0.3 is 5.11 Å². The Morgan fingerprint density at radius 2 is 1.16 bits per heavy atom. The first-order chi connectivity index (χ1) is 20.0. The Hall–Kier alpha value is -4.53. The molecule has 226 valence electrons. The molecule has 0 spiro atoms. The van der Waals surface area contributed by atoms with Crippen molar-refractivity contribution in [2.75, 3.05) is 0 Å². The Bertz CT molecular complexity index is 1440. The van der Waals surface area contributed by atoms with Gasteiger partial charge >= 0.3 is 0 Å². The zero-order valence-electron chi connectivity index (χ0n) is 27.3. The molecule has 43 heavy (non-hydrogen) atoms. The average molecular weight is 575 g/mol. The fourth-order valence-corrected chi connectivity index (χ4v) is 3.65. The average Bonchev–Trinajstić information content (AvgIpc) is 2.96. The van der Waals surface area contributed by atoms with Crippen molar-refractivity contribution < 1.29 is 9.90 Å². The number of aliphatic hydroxyl groups is 1.